The lowest BCUT2D eigenvalue weighted by Crippen LogP contribution is -1.86. The van der Waals surface area contributed by atoms with E-state index in [9.17, 15) is 0 Å². The van der Waals surface area contributed by atoms with Crippen molar-refractivity contribution in [2.24, 2.45) is 0 Å². The van der Waals surface area contributed by atoms with Crippen LogP contribution in [0, 0.1) is 0 Å². The maximum atomic E-state index is 6.13. The number of rotatable bonds is 0. The summed E-state index contributed by atoms with van der Waals surface area (Å²) >= 11 is 15.6. The van der Waals surface area contributed by atoms with Gasteiger partial charge in [-0.05, 0) is 36.1 Å². The minimum atomic E-state index is 0.132. The van der Waals surface area contributed by atoms with Crippen LogP contribution in [-0.4, -0.2) is 0 Å². The first-order valence-corrected chi connectivity index (χ1v) is 5.41. The van der Waals surface area contributed by atoms with Crippen LogP contribution < -0.4 is 0 Å². The summed E-state index contributed by atoms with van der Waals surface area (Å²) in [7, 11) is 0. The maximum absolute atomic E-state index is 6.13. The highest BCUT2D eigenvalue weighted by Gasteiger charge is 2.24. The van der Waals surface area contributed by atoms with Gasteiger partial charge in [-0.1, -0.05) is 27.5 Å². The van der Waals surface area contributed by atoms with Gasteiger partial charge in [0.25, 0.3) is 0 Å². The third kappa shape index (κ3) is 1.28. The maximum Gasteiger partial charge on any atom is 0.0602 e. The second-order valence-electron chi connectivity index (χ2n) is 2.93. The van der Waals surface area contributed by atoms with Gasteiger partial charge in [-0.25, -0.2) is 0 Å². The highest BCUT2D eigenvalue weighted by Crippen LogP contribution is 2.43. The molecule has 0 bridgehead atoms. The molecule has 1 aromatic carbocycles. The van der Waals surface area contributed by atoms with E-state index < -0.39 is 0 Å². The monoisotopic (exact) mass is 264 g/mol. The molecule has 0 fully saturated rings. The van der Waals surface area contributed by atoms with Crippen LogP contribution >= 0.6 is 39.1 Å². The van der Waals surface area contributed by atoms with Crippen LogP contribution in [-0.2, 0) is 6.42 Å². The molecule has 0 radical (unpaired) electrons. The second kappa shape index (κ2) is 3.21. The topological polar surface area (TPSA) is 0 Å². The summed E-state index contributed by atoms with van der Waals surface area (Å²) < 4.78 is 1.08. The molecule has 0 aliphatic heterocycles. The molecule has 12 heavy (non-hydrogen) atoms. The Hall–Kier alpha value is 0.280. The van der Waals surface area contributed by atoms with Gasteiger partial charge in [0.05, 0.1) is 5.38 Å². The van der Waals surface area contributed by atoms with Crippen LogP contribution in [0.5, 0.6) is 0 Å². The van der Waals surface area contributed by atoms with Crippen molar-refractivity contribution < 1.29 is 0 Å². The summed E-state index contributed by atoms with van der Waals surface area (Å²) in [6.07, 6.45) is 2.00. The average Bonchev–Trinajstić information content (AvgIpc) is 2.42. The van der Waals surface area contributed by atoms with Gasteiger partial charge < -0.3 is 0 Å². The fourth-order valence-electron chi connectivity index (χ4n) is 1.62. The molecule has 1 aliphatic rings. The summed E-state index contributed by atoms with van der Waals surface area (Å²) in [5.41, 5.74) is 2.40. The smallest absolute Gasteiger partial charge is 0.0602 e. The van der Waals surface area contributed by atoms with Gasteiger partial charge in [-0.2, -0.15) is 0 Å². The van der Waals surface area contributed by atoms with Crippen molar-refractivity contribution in [3.8, 4) is 0 Å². The van der Waals surface area contributed by atoms with Gasteiger partial charge in [0.2, 0.25) is 0 Å². The summed E-state index contributed by atoms with van der Waals surface area (Å²) in [4.78, 5) is 0. The van der Waals surface area contributed by atoms with Crippen LogP contribution in [0.25, 0.3) is 0 Å². The molecule has 1 aliphatic carbocycles. The van der Waals surface area contributed by atoms with E-state index in [4.69, 9.17) is 23.2 Å². The van der Waals surface area contributed by atoms with E-state index in [0.29, 0.717) is 0 Å². The first kappa shape index (κ1) is 8.86. The van der Waals surface area contributed by atoms with Crippen molar-refractivity contribution in [2.75, 3.05) is 0 Å². The molecule has 0 N–H and O–H groups in total. The number of hydrogen-bond donors (Lipinski definition) is 0. The highest BCUT2D eigenvalue weighted by atomic mass is 79.9. The lowest BCUT2D eigenvalue weighted by molar-refractivity contribution is 0.880. The standard InChI is InChI=1S/C9H7BrCl2/c10-6-2-4-7(11)5-1-3-8(12)9(5)6/h2,4,8H,1,3H2. The van der Waals surface area contributed by atoms with E-state index in [1.54, 1.807) is 0 Å². The van der Waals surface area contributed by atoms with Crippen molar-refractivity contribution in [2.45, 2.75) is 18.2 Å². The quantitative estimate of drug-likeness (QED) is 0.613. The molecule has 0 spiro atoms. The minimum absolute atomic E-state index is 0.132. The van der Waals surface area contributed by atoms with Crippen LogP contribution in [0.1, 0.15) is 22.9 Å². The fourth-order valence-corrected chi connectivity index (χ4v) is 3.01. The number of halogens is 3. The molecule has 64 valence electrons. The van der Waals surface area contributed by atoms with Crippen LogP contribution in [0.4, 0.5) is 0 Å². The first-order chi connectivity index (χ1) is 5.70. The van der Waals surface area contributed by atoms with E-state index in [1.807, 2.05) is 12.1 Å². The van der Waals surface area contributed by atoms with Gasteiger partial charge in [0.15, 0.2) is 0 Å². The zero-order valence-electron chi connectivity index (χ0n) is 6.28. The summed E-state index contributed by atoms with van der Waals surface area (Å²) in [5, 5.41) is 0.976. The molecular weight excluding hydrogens is 259 g/mol. The molecule has 0 amide bonds. The molecule has 3 heteroatoms. The normalized spacial score (nSPS) is 21.1. The van der Waals surface area contributed by atoms with Gasteiger partial charge in [-0.15, -0.1) is 11.6 Å². The minimum Gasteiger partial charge on any atom is -0.118 e. The molecule has 1 unspecified atom stereocenters. The summed E-state index contributed by atoms with van der Waals surface area (Å²) in [6.45, 7) is 0. The van der Waals surface area contributed by atoms with Crippen LogP contribution in [0.15, 0.2) is 16.6 Å². The Bertz CT molecular complexity index is 323. The second-order valence-corrected chi connectivity index (χ2v) is 4.72. The molecular formula is C9H7BrCl2. The number of alkyl halides is 1. The number of hydrogen-bond acceptors (Lipinski definition) is 0. The molecule has 0 aromatic heterocycles. The highest BCUT2D eigenvalue weighted by molar-refractivity contribution is 9.10. The first-order valence-electron chi connectivity index (χ1n) is 3.81. The molecule has 2 rings (SSSR count). The predicted molar refractivity (Wildman–Crippen MR) is 56.1 cm³/mol. The van der Waals surface area contributed by atoms with Crippen molar-refractivity contribution in [3.63, 3.8) is 0 Å². The Morgan fingerprint density at radius 2 is 2.17 bits per heavy atom. The third-order valence-corrected chi connectivity index (χ3v) is 3.69. The summed E-state index contributed by atoms with van der Waals surface area (Å²) in [6, 6.07) is 3.88. The zero-order chi connectivity index (χ0) is 8.72. The van der Waals surface area contributed by atoms with Gasteiger partial charge >= 0.3 is 0 Å². The Kier molecular flexibility index (Phi) is 2.37. The zero-order valence-corrected chi connectivity index (χ0v) is 9.38. The van der Waals surface area contributed by atoms with Crippen molar-refractivity contribution in [3.05, 3.63) is 32.8 Å². The van der Waals surface area contributed by atoms with Crippen molar-refractivity contribution in [1.82, 2.24) is 0 Å². The van der Waals surface area contributed by atoms with E-state index in [2.05, 4.69) is 15.9 Å². The summed E-state index contributed by atoms with van der Waals surface area (Å²) in [5.74, 6) is 0. The third-order valence-electron chi connectivity index (χ3n) is 2.21. The molecule has 0 nitrogen and oxygen atoms in total. The largest absolute Gasteiger partial charge is 0.118 e. The Morgan fingerprint density at radius 1 is 1.42 bits per heavy atom. The lowest BCUT2D eigenvalue weighted by Gasteiger charge is -2.06. The van der Waals surface area contributed by atoms with Gasteiger partial charge in [-0.3, -0.25) is 0 Å². The average molecular weight is 266 g/mol. The van der Waals surface area contributed by atoms with E-state index in [1.165, 1.54) is 11.1 Å². The van der Waals surface area contributed by atoms with Crippen molar-refractivity contribution in [1.29, 1.82) is 0 Å². The van der Waals surface area contributed by atoms with E-state index >= 15 is 0 Å². The number of benzene rings is 1. The van der Waals surface area contributed by atoms with E-state index in [0.717, 1.165) is 22.3 Å². The SMILES string of the molecule is Clc1ccc(Br)c2c1CCC2Cl. The van der Waals surface area contributed by atoms with Gasteiger partial charge in [0, 0.05) is 9.50 Å². The van der Waals surface area contributed by atoms with Gasteiger partial charge in [0.1, 0.15) is 0 Å². The Labute approximate surface area is 90.0 Å². The van der Waals surface area contributed by atoms with Crippen molar-refractivity contribution >= 4 is 39.1 Å². The molecule has 1 atom stereocenters. The molecule has 1 aromatic rings. The fraction of sp³-hybridized carbons (Fsp3) is 0.333. The lowest BCUT2D eigenvalue weighted by atomic mass is 10.1. The van der Waals surface area contributed by atoms with Crippen LogP contribution in [0.2, 0.25) is 5.02 Å². The van der Waals surface area contributed by atoms with Crippen LogP contribution in [0.3, 0.4) is 0 Å². The molecule has 0 saturated carbocycles. The van der Waals surface area contributed by atoms with E-state index in [-0.39, 0.29) is 5.38 Å². The molecule has 0 saturated heterocycles. The Balaban J connectivity index is 2.64. The molecule has 0 heterocycles. The number of fused-ring (bicyclic) bond motifs is 1. The predicted octanol–water partition coefficient (Wildman–Crippen LogP) is 4.33. The Morgan fingerprint density at radius 3 is 2.83 bits per heavy atom.